The summed E-state index contributed by atoms with van der Waals surface area (Å²) in [6.07, 6.45) is -2.16. The number of cyclic esters (lactones) is 1. The number of aryl methyl sites for hydroxylation is 1. The summed E-state index contributed by atoms with van der Waals surface area (Å²) >= 11 is 0. The highest BCUT2D eigenvalue weighted by Crippen LogP contribution is 2.42. The Bertz CT molecular complexity index is 1280. The molecule has 0 radical (unpaired) electrons. The van der Waals surface area contributed by atoms with Crippen molar-refractivity contribution in [3.05, 3.63) is 58.7 Å². The van der Waals surface area contributed by atoms with Gasteiger partial charge in [-0.15, -0.1) is 0 Å². The SMILES string of the molecule is CO[C@@H](NC(=O)CCCc1ccccc1)[C@@H]1C[C@@H](O)C(C)(C)[C@@H](C[C@H](O)[C@@H](C)[C@H]2Cc3c(C)c(O)cc(O)c3C(=O)O2)O1. The maximum absolute atomic E-state index is 12.8. The van der Waals surface area contributed by atoms with Crippen LogP contribution in [0.5, 0.6) is 11.5 Å². The van der Waals surface area contributed by atoms with Gasteiger partial charge in [-0.2, -0.15) is 0 Å². The zero-order valence-corrected chi connectivity index (χ0v) is 25.6. The summed E-state index contributed by atoms with van der Waals surface area (Å²) < 4.78 is 17.6. The number of amides is 1. The summed E-state index contributed by atoms with van der Waals surface area (Å²) in [4.78, 5) is 25.5. The Morgan fingerprint density at radius 1 is 1.16 bits per heavy atom. The van der Waals surface area contributed by atoms with E-state index in [0.29, 0.717) is 24.0 Å². The summed E-state index contributed by atoms with van der Waals surface area (Å²) in [7, 11) is 1.48. The number of hydrogen-bond acceptors (Lipinski definition) is 9. The van der Waals surface area contributed by atoms with Crippen LogP contribution in [-0.2, 0) is 31.8 Å². The fraction of sp³-hybridized carbons (Fsp3) is 0.576. The lowest BCUT2D eigenvalue weighted by Crippen LogP contribution is -2.58. The minimum absolute atomic E-state index is 0.0312. The van der Waals surface area contributed by atoms with Gasteiger partial charge in [0.05, 0.1) is 18.3 Å². The molecule has 0 unspecified atom stereocenters. The van der Waals surface area contributed by atoms with E-state index in [4.69, 9.17) is 14.2 Å². The van der Waals surface area contributed by atoms with E-state index in [0.717, 1.165) is 18.1 Å². The van der Waals surface area contributed by atoms with Crippen LogP contribution in [0.3, 0.4) is 0 Å². The van der Waals surface area contributed by atoms with E-state index in [1.54, 1.807) is 13.8 Å². The van der Waals surface area contributed by atoms with Crippen molar-refractivity contribution in [3.8, 4) is 11.5 Å². The molecule has 0 aromatic heterocycles. The number of methoxy groups -OCH3 is 1. The van der Waals surface area contributed by atoms with Crippen LogP contribution in [0.4, 0.5) is 0 Å². The molecular formula is C33H45NO9. The zero-order chi connectivity index (χ0) is 31.5. The molecule has 2 aliphatic heterocycles. The molecule has 7 atom stereocenters. The van der Waals surface area contributed by atoms with Crippen LogP contribution in [0, 0.1) is 18.3 Å². The van der Waals surface area contributed by atoms with Gasteiger partial charge in [-0.3, -0.25) is 4.79 Å². The molecule has 2 heterocycles. The molecule has 2 aromatic carbocycles. The van der Waals surface area contributed by atoms with E-state index >= 15 is 0 Å². The van der Waals surface area contributed by atoms with Gasteiger partial charge < -0.3 is 40.0 Å². The Balaban J connectivity index is 1.39. The van der Waals surface area contributed by atoms with Crippen LogP contribution in [0.1, 0.15) is 73.5 Å². The molecule has 2 aromatic rings. The first kappa shape index (κ1) is 32.7. The van der Waals surface area contributed by atoms with Gasteiger partial charge in [0.15, 0.2) is 6.23 Å². The van der Waals surface area contributed by atoms with Crippen molar-refractivity contribution in [2.45, 2.75) is 103 Å². The number of fused-ring (bicyclic) bond motifs is 1. The quantitative estimate of drug-likeness (QED) is 0.193. The van der Waals surface area contributed by atoms with Crippen LogP contribution in [0.2, 0.25) is 0 Å². The van der Waals surface area contributed by atoms with Gasteiger partial charge in [0.1, 0.15) is 29.3 Å². The maximum Gasteiger partial charge on any atom is 0.342 e. The van der Waals surface area contributed by atoms with Gasteiger partial charge in [-0.05, 0) is 36.5 Å². The van der Waals surface area contributed by atoms with Crippen molar-refractivity contribution in [3.63, 3.8) is 0 Å². The Hall–Kier alpha value is -3.18. The molecular weight excluding hydrogens is 554 g/mol. The van der Waals surface area contributed by atoms with Crippen molar-refractivity contribution in [1.29, 1.82) is 0 Å². The number of aliphatic hydroxyl groups excluding tert-OH is 2. The first-order chi connectivity index (χ1) is 20.3. The van der Waals surface area contributed by atoms with Crippen molar-refractivity contribution in [1.82, 2.24) is 5.32 Å². The number of carbonyl (C=O) groups excluding carboxylic acids is 2. The predicted molar refractivity (Wildman–Crippen MR) is 159 cm³/mol. The molecule has 236 valence electrons. The molecule has 10 heteroatoms. The lowest BCUT2D eigenvalue weighted by Gasteiger charge is -2.48. The van der Waals surface area contributed by atoms with E-state index in [1.807, 2.05) is 44.2 Å². The molecule has 2 aliphatic rings. The highest BCUT2D eigenvalue weighted by Gasteiger charge is 2.48. The first-order valence-electron chi connectivity index (χ1n) is 15.0. The van der Waals surface area contributed by atoms with Gasteiger partial charge in [-0.25, -0.2) is 4.79 Å². The average molecular weight is 600 g/mol. The number of carbonyl (C=O) groups is 2. The lowest BCUT2D eigenvalue weighted by molar-refractivity contribution is -0.216. The van der Waals surface area contributed by atoms with Gasteiger partial charge in [0.2, 0.25) is 5.91 Å². The third-order valence-electron chi connectivity index (χ3n) is 9.28. The Labute approximate surface area is 253 Å². The topological polar surface area (TPSA) is 155 Å². The molecule has 1 saturated heterocycles. The van der Waals surface area contributed by atoms with Crippen LogP contribution in [0.25, 0.3) is 0 Å². The summed E-state index contributed by atoms with van der Waals surface area (Å²) in [5.74, 6) is -1.88. The van der Waals surface area contributed by atoms with Crippen molar-refractivity contribution in [2.24, 2.45) is 11.3 Å². The number of nitrogens with one attached hydrogen (secondary N) is 1. The van der Waals surface area contributed by atoms with E-state index in [-0.39, 0.29) is 42.2 Å². The van der Waals surface area contributed by atoms with Crippen molar-refractivity contribution < 1.29 is 44.2 Å². The van der Waals surface area contributed by atoms with Crippen LogP contribution >= 0.6 is 0 Å². The Morgan fingerprint density at radius 2 is 1.86 bits per heavy atom. The van der Waals surface area contributed by atoms with Gasteiger partial charge in [0, 0.05) is 50.2 Å². The number of aromatic hydroxyl groups is 2. The average Bonchev–Trinajstić information content (AvgIpc) is 2.96. The second-order valence-electron chi connectivity index (χ2n) is 12.5. The van der Waals surface area contributed by atoms with Crippen LogP contribution < -0.4 is 5.32 Å². The second kappa shape index (κ2) is 13.6. The fourth-order valence-electron chi connectivity index (χ4n) is 6.07. The first-order valence-corrected chi connectivity index (χ1v) is 15.0. The number of aliphatic hydroxyl groups is 2. The largest absolute Gasteiger partial charge is 0.508 e. The number of benzene rings is 2. The molecule has 1 amide bonds. The molecule has 1 fully saturated rings. The maximum atomic E-state index is 12.8. The van der Waals surface area contributed by atoms with E-state index in [2.05, 4.69) is 5.32 Å². The molecule has 10 nitrogen and oxygen atoms in total. The number of phenols is 2. The third kappa shape index (κ3) is 7.32. The molecule has 43 heavy (non-hydrogen) atoms. The third-order valence-corrected chi connectivity index (χ3v) is 9.28. The summed E-state index contributed by atoms with van der Waals surface area (Å²) in [5, 5.41) is 45.7. The molecule has 4 rings (SSSR count). The summed E-state index contributed by atoms with van der Waals surface area (Å²) in [6, 6.07) is 11.1. The van der Waals surface area contributed by atoms with E-state index < -0.39 is 54.0 Å². The molecule has 0 bridgehead atoms. The predicted octanol–water partition coefficient (Wildman–Crippen LogP) is 3.53. The monoisotopic (exact) mass is 599 g/mol. The van der Waals surface area contributed by atoms with Gasteiger partial charge in [-0.1, -0.05) is 51.1 Å². The van der Waals surface area contributed by atoms with Crippen molar-refractivity contribution in [2.75, 3.05) is 7.11 Å². The van der Waals surface area contributed by atoms with Crippen molar-refractivity contribution >= 4 is 11.9 Å². The number of hydrogen-bond donors (Lipinski definition) is 5. The van der Waals surface area contributed by atoms with E-state index in [9.17, 15) is 30.0 Å². The molecule has 0 spiro atoms. The molecule has 5 N–H and O–H groups in total. The second-order valence-corrected chi connectivity index (χ2v) is 12.5. The van der Waals surface area contributed by atoms with Crippen LogP contribution in [-0.4, -0.2) is 76.2 Å². The van der Waals surface area contributed by atoms with E-state index in [1.165, 1.54) is 7.11 Å². The molecule has 0 saturated carbocycles. The van der Waals surface area contributed by atoms with Gasteiger partial charge in [0.25, 0.3) is 0 Å². The zero-order valence-electron chi connectivity index (χ0n) is 25.6. The molecule has 0 aliphatic carbocycles. The minimum Gasteiger partial charge on any atom is -0.508 e. The highest BCUT2D eigenvalue weighted by molar-refractivity contribution is 5.96. The highest BCUT2D eigenvalue weighted by atomic mass is 16.6. The summed E-state index contributed by atoms with van der Waals surface area (Å²) in [5.41, 5.74) is 1.44. The number of ether oxygens (including phenoxy) is 3. The lowest BCUT2D eigenvalue weighted by atomic mass is 9.73. The normalized spacial score (nSPS) is 25.2. The van der Waals surface area contributed by atoms with Crippen LogP contribution in [0.15, 0.2) is 36.4 Å². The Kier molecular flexibility index (Phi) is 10.4. The number of phenolic OH excluding ortho intramolecular Hbond substituents is 2. The standard InChI is InChI=1S/C33H45NO9/c1-18-21-14-25(43-32(40)30(21)24(37)15-22(18)35)19(2)23(36)16-28-33(3,4)27(38)17-26(42-28)31(41-5)34-29(39)13-9-12-20-10-7-6-8-11-20/h6-8,10-11,15,19,23,25-28,31,35-38H,9,12-14,16-17H2,1-5H3,(H,34,39)/t19-,23+,25-,26+,27-,28-,31-/m1/s1. The number of esters is 1. The Morgan fingerprint density at radius 3 is 2.53 bits per heavy atom. The summed E-state index contributed by atoms with van der Waals surface area (Å²) in [6.45, 7) is 7.17. The minimum atomic E-state index is -0.977. The fourth-order valence-corrected chi connectivity index (χ4v) is 6.07. The van der Waals surface area contributed by atoms with Gasteiger partial charge >= 0.3 is 5.97 Å². The smallest absolute Gasteiger partial charge is 0.342 e. The number of rotatable bonds is 11.